The number of nitrogens with zero attached hydrogens (tertiary/aromatic N) is 1. The lowest BCUT2D eigenvalue weighted by atomic mass is 10.0. The molecule has 0 saturated heterocycles. The molecule has 1 aliphatic carbocycles. The van der Waals surface area contributed by atoms with E-state index in [1.807, 2.05) is 30.3 Å². The van der Waals surface area contributed by atoms with Crippen LogP contribution in [0.3, 0.4) is 0 Å². The number of hydrogen-bond acceptors (Lipinski definition) is 2. The van der Waals surface area contributed by atoms with Crippen LogP contribution in [-0.4, -0.2) is 18.7 Å². The van der Waals surface area contributed by atoms with Gasteiger partial charge in [0.25, 0.3) is 0 Å². The molecule has 3 nitrogen and oxygen atoms in total. The van der Waals surface area contributed by atoms with Gasteiger partial charge in [-0.25, -0.2) is 0 Å². The van der Waals surface area contributed by atoms with E-state index in [9.17, 15) is 4.79 Å². The van der Waals surface area contributed by atoms with Crippen molar-refractivity contribution >= 4 is 17.7 Å². The Bertz CT molecular complexity index is 512. The molecule has 3 heteroatoms. The minimum Gasteiger partial charge on any atom is -0.384 e. The summed E-state index contributed by atoms with van der Waals surface area (Å²) in [6.07, 6.45) is 6.91. The van der Waals surface area contributed by atoms with E-state index < -0.39 is 0 Å². The van der Waals surface area contributed by atoms with Crippen LogP contribution in [-0.2, 0) is 4.79 Å². The Balaban J connectivity index is 2.20. The molecule has 1 aromatic rings. The van der Waals surface area contributed by atoms with E-state index in [1.54, 1.807) is 7.05 Å². The van der Waals surface area contributed by atoms with Gasteiger partial charge in [0.15, 0.2) is 5.78 Å². The van der Waals surface area contributed by atoms with Crippen molar-refractivity contribution in [2.75, 3.05) is 7.05 Å². The number of carbonyl (C=O) groups is 1. The molecule has 0 aromatic heterocycles. The van der Waals surface area contributed by atoms with Crippen molar-refractivity contribution in [1.29, 1.82) is 0 Å². The van der Waals surface area contributed by atoms with Gasteiger partial charge in [0, 0.05) is 19.0 Å². The standard InChI is InChI=1S/C16H20N2O/c1-18-16(17)13-9-7-12(8-10-13)11-14-5-3-2-4-6-15(14)19/h7-11H,2-6H2,1H3,(H2,17,18)/b14-11+. The monoisotopic (exact) mass is 256 g/mol. The fraction of sp³-hybridized carbons (Fsp3) is 0.375. The normalized spacial score (nSPS) is 19.5. The molecule has 2 N–H and O–H groups in total. The summed E-state index contributed by atoms with van der Waals surface area (Å²) in [4.78, 5) is 15.9. The number of Topliss-reactive ketones (excluding diaryl/α,β-unsaturated/α-hetero) is 1. The van der Waals surface area contributed by atoms with Crippen molar-refractivity contribution in [3.63, 3.8) is 0 Å². The Hall–Kier alpha value is -1.90. The zero-order valence-electron chi connectivity index (χ0n) is 11.4. The van der Waals surface area contributed by atoms with Crippen LogP contribution in [0.5, 0.6) is 0 Å². The summed E-state index contributed by atoms with van der Waals surface area (Å²) in [6, 6.07) is 7.85. The number of hydrogen-bond donors (Lipinski definition) is 1. The van der Waals surface area contributed by atoms with E-state index in [-0.39, 0.29) is 0 Å². The molecule has 19 heavy (non-hydrogen) atoms. The summed E-state index contributed by atoms with van der Waals surface area (Å²) in [5, 5.41) is 0. The van der Waals surface area contributed by atoms with Gasteiger partial charge >= 0.3 is 0 Å². The Morgan fingerprint density at radius 3 is 2.53 bits per heavy atom. The van der Waals surface area contributed by atoms with E-state index in [4.69, 9.17) is 5.73 Å². The summed E-state index contributed by atoms with van der Waals surface area (Å²) in [5.41, 5.74) is 8.68. The molecule has 1 fully saturated rings. The summed E-state index contributed by atoms with van der Waals surface area (Å²) < 4.78 is 0. The van der Waals surface area contributed by atoms with Gasteiger partial charge in [-0.15, -0.1) is 0 Å². The van der Waals surface area contributed by atoms with Gasteiger partial charge in [-0.3, -0.25) is 9.79 Å². The van der Waals surface area contributed by atoms with Crippen molar-refractivity contribution in [1.82, 2.24) is 0 Å². The highest BCUT2D eigenvalue weighted by Gasteiger charge is 2.13. The van der Waals surface area contributed by atoms with Crippen molar-refractivity contribution in [2.24, 2.45) is 10.7 Å². The van der Waals surface area contributed by atoms with Gasteiger partial charge in [-0.2, -0.15) is 0 Å². The fourth-order valence-electron chi connectivity index (χ4n) is 2.31. The van der Waals surface area contributed by atoms with E-state index >= 15 is 0 Å². The summed E-state index contributed by atoms with van der Waals surface area (Å²) in [6.45, 7) is 0. The number of aliphatic imine (C=N–C) groups is 1. The maximum absolute atomic E-state index is 11.9. The Labute approximate surface area is 114 Å². The first-order valence-corrected chi connectivity index (χ1v) is 6.77. The third-order valence-electron chi connectivity index (χ3n) is 3.50. The molecule has 2 rings (SSSR count). The first-order chi connectivity index (χ1) is 9.20. The second-order valence-electron chi connectivity index (χ2n) is 4.88. The second-order valence-corrected chi connectivity index (χ2v) is 4.88. The van der Waals surface area contributed by atoms with Crippen LogP contribution < -0.4 is 5.73 Å². The Morgan fingerprint density at radius 1 is 1.16 bits per heavy atom. The molecular weight excluding hydrogens is 236 g/mol. The predicted molar refractivity (Wildman–Crippen MR) is 79.2 cm³/mol. The number of ketones is 1. The highest BCUT2D eigenvalue weighted by Crippen LogP contribution is 2.21. The number of allylic oxidation sites excluding steroid dienone is 1. The van der Waals surface area contributed by atoms with Crippen LogP contribution >= 0.6 is 0 Å². The van der Waals surface area contributed by atoms with Crippen LogP contribution in [0.4, 0.5) is 0 Å². The minimum absolute atomic E-state index is 0.302. The van der Waals surface area contributed by atoms with Crippen molar-refractivity contribution in [3.8, 4) is 0 Å². The lowest BCUT2D eigenvalue weighted by Crippen LogP contribution is -2.12. The maximum Gasteiger partial charge on any atom is 0.158 e. The molecule has 1 aromatic carbocycles. The summed E-state index contributed by atoms with van der Waals surface area (Å²) in [7, 11) is 1.68. The minimum atomic E-state index is 0.302. The highest BCUT2D eigenvalue weighted by atomic mass is 16.1. The van der Waals surface area contributed by atoms with Crippen molar-refractivity contribution < 1.29 is 4.79 Å². The second kappa shape index (κ2) is 6.32. The van der Waals surface area contributed by atoms with Crippen LogP contribution in [0.1, 0.15) is 43.2 Å². The number of nitrogens with two attached hydrogens (primary N) is 1. The Kier molecular flexibility index (Phi) is 4.50. The zero-order valence-corrected chi connectivity index (χ0v) is 11.4. The predicted octanol–water partition coefficient (Wildman–Crippen LogP) is 2.94. The molecule has 0 spiro atoms. The molecule has 0 heterocycles. The topological polar surface area (TPSA) is 55.4 Å². The van der Waals surface area contributed by atoms with E-state index in [0.29, 0.717) is 18.0 Å². The third kappa shape index (κ3) is 3.53. The molecule has 0 aliphatic heterocycles. The zero-order chi connectivity index (χ0) is 13.7. The third-order valence-corrected chi connectivity index (χ3v) is 3.50. The molecule has 0 atom stereocenters. The first-order valence-electron chi connectivity index (χ1n) is 6.77. The molecule has 1 saturated carbocycles. The molecule has 0 radical (unpaired) electrons. The molecule has 0 unspecified atom stereocenters. The average Bonchev–Trinajstić information content (AvgIpc) is 2.64. The maximum atomic E-state index is 11.9. The lowest BCUT2D eigenvalue weighted by Gasteiger charge is -2.03. The summed E-state index contributed by atoms with van der Waals surface area (Å²) >= 11 is 0. The van der Waals surface area contributed by atoms with Gasteiger partial charge in [0.1, 0.15) is 5.84 Å². The van der Waals surface area contributed by atoms with Gasteiger partial charge in [0.05, 0.1) is 0 Å². The van der Waals surface area contributed by atoms with E-state index in [0.717, 1.165) is 42.4 Å². The quantitative estimate of drug-likeness (QED) is 0.383. The highest BCUT2D eigenvalue weighted by molar-refractivity contribution is 6.00. The number of benzene rings is 1. The van der Waals surface area contributed by atoms with Crippen LogP contribution in [0.25, 0.3) is 6.08 Å². The van der Waals surface area contributed by atoms with Crippen LogP contribution in [0.15, 0.2) is 34.8 Å². The molecule has 0 bridgehead atoms. The van der Waals surface area contributed by atoms with Gasteiger partial charge in [-0.05, 0) is 36.5 Å². The molecule has 0 amide bonds. The average molecular weight is 256 g/mol. The number of carbonyl (C=O) groups excluding carboxylic acids is 1. The largest absolute Gasteiger partial charge is 0.384 e. The number of amidine groups is 1. The van der Waals surface area contributed by atoms with Crippen molar-refractivity contribution in [3.05, 3.63) is 41.0 Å². The summed E-state index contributed by atoms with van der Waals surface area (Å²) in [5.74, 6) is 0.834. The molecule has 100 valence electrons. The number of rotatable bonds is 2. The van der Waals surface area contributed by atoms with Crippen LogP contribution in [0.2, 0.25) is 0 Å². The van der Waals surface area contributed by atoms with E-state index in [1.165, 1.54) is 0 Å². The fourth-order valence-corrected chi connectivity index (χ4v) is 2.31. The van der Waals surface area contributed by atoms with Gasteiger partial charge in [0.2, 0.25) is 0 Å². The van der Waals surface area contributed by atoms with Gasteiger partial charge < -0.3 is 5.73 Å². The SMILES string of the molecule is CN=C(N)c1ccc(/C=C2\CCCCCC2=O)cc1. The Morgan fingerprint density at radius 2 is 1.84 bits per heavy atom. The smallest absolute Gasteiger partial charge is 0.158 e. The van der Waals surface area contributed by atoms with E-state index in [2.05, 4.69) is 4.99 Å². The first kappa shape index (κ1) is 13.5. The van der Waals surface area contributed by atoms with Crippen molar-refractivity contribution in [2.45, 2.75) is 32.1 Å². The lowest BCUT2D eigenvalue weighted by molar-refractivity contribution is -0.115. The molecular formula is C16H20N2O. The van der Waals surface area contributed by atoms with Crippen LogP contribution in [0, 0.1) is 0 Å². The molecule has 1 aliphatic rings. The van der Waals surface area contributed by atoms with Gasteiger partial charge in [-0.1, -0.05) is 30.7 Å².